The average molecular weight is 581 g/mol. The van der Waals surface area contributed by atoms with Crippen molar-refractivity contribution < 1.29 is 26.4 Å². The standard InChI is InChI=1S/C30H30F2N4O4S/c31-20-7-10-24(25(32)17-20)29-34-26(19-5-8-21(9-6-19)36-13-15-41(38,39)16-14-36)27(40-29)22-3-1-2-4-23(22)28(37)35-30(18-33)11-12-30/h5-10,17,22-23H,1-4,11-16H2,(H,35,37). The van der Waals surface area contributed by atoms with Crippen molar-refractivity contribution in [1.82, 2.24) is 10.3 Å². The number of nitrogens with one attached hydrogen (secondary N) is 1. The molecule has 1 aromatic heterocycles. The number of aromatic nitrogens is 1. The Kier molecular flexibility index (Phi) is 7.06. The molecule has 6 rings (SSSR count). The quantitative estimate of drug-likeness (QED) is 0.438. The van der Waals surface area contributed by atoms with E-state index in [1.54, 1.807) is 0 Å². The Labute approximate surface area is 237 Å². The molecule has 11 heteroatoms. The van der Waals surface area contributed by atoms with E-state index in [9.17, 15) is 27.3 Å². The Morgan fingerprint density at radius 3 is 2.44 bits per heavy atom. The van der Waals surface area contributed by atoms with E-state index in [2.05, 4.69) is 16.4 Å². The molecule has 2 aliphatic carbocycles. The summed E-state index contributed by atoms with van der Waals surface area (Å²) in [6.45, 7) is 0.821. The number of oxazole rings is 1. The van der Waals surface area contributed by atoms with E-state index in [0.29, 0.717) is 55.8 Å². The second-order valence-corrected chi connectivity index (χ2v) is 13.5. The third-order valence-corrected chi connectivity index (χ3v) is 10.0. The average Bonchev–Trinajstić information content (AvgIpc) is 3.60. The molecule has 1 aliphatic heterocycles. The molecule has 1 saturated heterocycles. The molecule has 3 aliphatic rings. The van der Waals surface area contributed by atoms with Crippen LogP contribution < -0.4 is 10.2 Å². The summed E-state index contributed by atoms with van der Waals surface area (Å²) in [6.07, 6.45) is 4.26. The van der Waals surface area contributed by atoms with Crippen LogP contribution in [0.15, 0.2) is 46.9 Å². The van der Waals surface area contributed by atoms with Gasteiger partial charge in [-0.3, -0.25) is 4.79 Å². The molecule has 3 aromatic rings. The van der Waals surface area contributed by atoms with Crippen LogP contribution in [0.1, 0.15) is 50.2 Å². The number of nitriles is 1. The van der Waals surface area contributed by atoms with Gasteiger partial charge >= 0.3 is 0 Å². The van der Waals surface area contributed by atoms with Crippen molar-refractivity contribution in [3.8, 4) is 28.8 Å². The highest BCUT2D eigenvalue weighted by Crippen LogP contribution is 2.45. The SMILES string of the molecule is N#CC1(NC(=O)C2CCCCC2c2oc(-c3ccc(F)cc3F)nc2-c2ccc(N3CCS(=O)(=O)CC3)cc2)CC1. The lowest BCUT2D eigenvalue weighted by Crippen LogP contribution is -2.42. The van der Waals surface area contributed by atoms with Gasteiger partial charge in [-0.25, -0.2) is 22.2 Å². The molecule has 1 N–H and O–H groups in total. The molecule has 3 fully saturated rings. The van der Waals surface area contributed by atoms with Gasteiger partial charge < -0.3 is 14.6 Å². The highest BCUT2D eigenvalue weighted by molar-refractivity contribution is 7.91. The van der Waals surface area contributed by atoms with Crippen molar-refractivity contribution in [3.63, 3.8) is 0 Å². The third kappa shape index (κ3) is 5.58. The summed E-state index contributed by atoms with van der Waals surface area (Å²) in [5, 5.41) is 12.4. The Balaban J connectivity index is 1.37. The maximum absolute atomic E-state index is 14.8. The van der Waals surface area contributed by atoms with Gasteiger partial charge in [0.15, 0.2) is 9.84 Å². The van der Waals surface area contributed by atoms with Gasteiger partial charge in [0.25, 0.3) is 0 Å². The Morgan fingerprint density at radius 2 is 1.78 bits per heavy atom. The highest BCUT2D eigenvalue weighted by Gasteiger charge is 2.47. The van der Waals surface area contributed by atoms with Gasteiger partial charge in [-0.05, 0) is 49.9 Å². The summed E-state index contributed by atoms with van der Waals surface area (Å²) in [5.41, 5.74) is 1.27. The number of rotatable bonds is 6. The Bertz CT molecular complexity index is 1610. The first kappa shape index (κ1) is 27.4. The number of amides is 1. The molecule has 2 aromatic carbocycles. The second-order valence-electron chi connectivity index (χ2n) is 11.2. The maximum atomic E-state index is 14.8. The normalized spacial score (nSPS) is 23.0. The molecule has 0 bridgehead atoms. The first-order chi connectivity index (χ1) is 19.7. The van der Waals surface area contributed by atoms with E-state index in [-0.39, 0.29) is 34.8 Å². The van der Waals surface area contributed by atoms with Crippen molar-refractivity contribution in [2.45, 2.75) is 50.0 Å². The van der Waals surface area contributed by atoms with Gasteiger partial charge in [0.2, 0.25) is 11.8 Å². The zero-order valence-electron chi connectivity index (χ0n) is 22.4. The van der Waals surface area contributed by atoms with E-state index >= 15 is 0 Å². The molecule has 41 heavy (non-hydrogen) atoms. The summed E-state index contributed by atoms with van der Waals surface area (Å²) in [6, 6.07) is 12.9. The lowest BCUT2D eigenvalue weighted by Gasteiger charge is -2.30. The van der Waals surface area contributed by atoms with Crippen molar-refractivity contribution in [2.24, 2.45) is 5.92 Å². The Hall–Kier alpha value is -3.78. The molecule has 2 unspecified atom stereocenters. The smallest absolute Gasteiger partial charge is 0.229 e. The zero-order chi connectivity index (χ0) is 28.8. The first-order valence-electron chi connectivity index (χ1n) is 13.9. The number of carbonyl (C=O) groups is 1. The first-order valence-corrected chi connectivity index (χ1v) is 15.7. The fraction of sp³-hybridized carbons (Fsp3) is 0.433. The molecule has 8 nitrogen and oxygen atoms in total. The largest absolute Gasteiger partial charge is 0.440 e. The fourth-order valence-electron chi connectivity index (χ4n) is 5.85. The molecule has 0 spiro atoms. The van der Waals surface area contributed by atoms with Crippen LogP contribution in [0.25, 0.3) is 22.7 Å². The monoisotopic (exact) mass is 580 g/mol. The number of nitrogens with zero attached hydrogens (tertiary/aromatic N) is 3. The fourth-order valence-corrected chi connectivity index (χ4v) is 7.05. The lowest BCUT2D eigenvalue weighted by molar-refractivity contribution is -0.127. The number of benzene rings is 2. The van der Waals surface area contributed by atoms with Gasteiger partial charge in [0.1, 0.15) is 28.6 Å². The second kappa shape index (κ2) is 10.6. The van der Waals surface area contributed by atoms with E-state index < -0.39 is 32.9 Å². The summed E-state index contributed by atoms with van der Waals surface area (Å²) < 4.78 is 58.4. The van der Waals surface area contributed by atoms with E-state index in [4.69, 9.17) is 4.42 Å². The Morgan fingerprint density at radius 1 is 1.07 bits per heavy atom. The van der Waals surface area contributed by atoms with Crippen LogP contribution in [0.4, 0.5) is 14.5 Å². The van der Waals surface area contributed by atoms with Crippen LogP contribution in [-0.4, -0.2) is 49.4 Å². The minimum absolute atomic E-state index is 0.00164. The number of hydrogen-bond donors (Lipinski definition) is 1. The molecule has 0 radical (unpaired) electrons. The predicted molar refractivity (Wildman–Crippen MR) is 149 cm³/mol. The number of anilines is 1. The van der Waals surface area contributed by atoms with Gasteiger partial charge in [-0.1, -0.05) is 25.0 Å². The summed E-state index contributed by atoms with van der Waals surface area (Å²) in [7, 11) is -3.01. The number of carbonyl (C=O) groups excluding carboxylic acids is 1. The van der Waals surface area contributed by atoms with Crippen LogP contribution in [0, 0.1) is 28.9 Å². The van der Waals surface area contributed by atoms with Crippen molar-refractivity contribution in [2.75, 3.05) is 29.5 Å². The van der Waals surface area contributed by atoms with E-state index in [1.807, 2.05) is 29.2 Å². The van der Waals surface area contributed by atoms with Crippen LogP contribution in [-0.2, 0) is 14.6 Å². The zero-order valence-corrected chi connectivity index (χ0v) is 23.2. The van der Waals surface area contributed by atoms with Gasteiger partial charge in [-0.15, -0.1) is 0 Å². The molecule has 2 heterocycles. The molecule has 1 amide bonds. The predicted octanol–water partition coefficient (Wildman–Crippen LogP) is 4.97. The number of sulfone groups is 1. The van der Waals surface area contributed by atoms with Crippen LogP contribution >= 0.6 is 0 Å². The topological polar surface area (TPSA) is 116 Å². The summed E-state index contributed by atoms with van der Waals surface area (Å²) in [5.74, 6) is -1.83. The molecule has 2 atom stereocenters. The van der Waals surface area contributed by atoms with Gasteiger partial charge in [0.05, 0.1) is 23.1 Å². The molecule has 214 valence electrons. The minimum atomic E-state index is -3.01. The molecular formula is C30H30F2N4O4S. The van der Waals surface area contributed by atoms with E-state index in [1.165, 1.54) is 6.07 Å². The summed E-state index contributed by atoms with van der Waals surface area (Å²) >= 11 is 0. The van der Waals surface area contributed by atoms with Crippen LogP contribution in [0.2, 0.25) is 0 Å². The molecular weight excluding hydrogens is 550 g/mol. The summed E-state index contributed by atoms with van der Waals surface area (Å²) in [4.78, 5) is 20.1. The third-order valence-electron chi connectivity index (χ3n) is 8.43. The number of halogens is 2. The van der Waals surface area contributed by atoms with Crippen LogP contribution in [0.3, 0.4) is 0 Å². The number of hydrogen-bond acceptors (Lipinski definition) is 7. The minimum Gasteiger partial charge on any atom is -0.440 e. The van der Waals surface area contributed by atoms with Crippen molar-refractivity contribution >= 4 is 21.4 Å². The van der Waals surface area contributed by atoms with E-state index in [0.717, 1.165) is 30.7 Å². The van der Waals surface area contributed by atoms with Gasteiger partial charge in [0, 0.05) is 42.2 Å². The maximum Gasteiger partial charge on any atom is 0.229 e. The lowest BCUT2D eigenvalue weighted by atomic mass is 9.76. The van der Waals surface area contributed by atoms with Crippen LogP contribution in [0.5, 0.6) is 0 Å². The van der Waals surface area contributed by atoms with Crippen molar-refractivity contribution in [1.29, 1.82) is 5.26 Å². The molecule has 2 saturated carbocycles. The highest BCUT2D eigenvalue weighted by atomic mass is 32.2. The van der Waals surface area contributed by atoms with Gasteiger partial charge in [-0.2, -0.15) is 5.26 Å². The van der Waals surface area contributed by atoms with Crippen molar-refractivity contribution in [3.05, 3.63) is 59.9 Å².